The Morgan fingerprint density at radius 2 is 2.11 bits per heavy atom. The summed E-state index contributed by atoms with van der Waals surface area (Å²) < 4.78 is 0. The lowest BCUT2D eigenvalue weighted by Crippen LogP contribution is -2.24. The molecular weight excluding hydrogens is 284 g/mol. The molecule has 0 bridgehead atoms. The number of carbonyl (C=O) groups is 2. The Labute approximate surface area is 117 Å². The van der Waals surface area contributed by atoms with Crippen LogP contribution in [0.15, 0.2) is 17.5 Å². The number of carboxylic acid groups (broad SMARTS) is 1. The van der Waals surface area contributed by atoms with E-state index in [0.717, 1.165) is 22.0 Å². The van der Waals surface area contributed by atoms with Crippen molar-refractivity contribution in [3.8, 4) is 0 Å². The molecule has 0 radical (unpaired) electrons. The number of nitrogens with one attached hydrogen (secondary N) is 1. The number of thiazole rings is 1. The van der Waals surface area contributed by atoms with Gasteiger partial charge in [-0.2, -0.15) is 0 Å². The van der Waals surface area contributed by atoms with Gasteiger partial charge in [0.15, 0.2) is 0 Å². The highest BCUT2D eigenvalue weighted by atomic mass is 32.1. The molecule has 7 heteroatoms. The molecule has 0 unspecified atom stereocenters. The zero-order chi connectivity index (χ0) is 13.8. The molecule has 0 fully saturated rings. The Balaban J connectivity index is 1.85. The fourth-order valence-corrected chi connectivity index (χ4v) is 2.90. The van der Waals surface area contributed by atoms with E-state index >= 15 is 0 Å². The van der Waals surface area contributed by atoms with Gasteiger partial charge in [0.25, 0.3) is 5.91 Å². The average molecular weight is 296 g/mol. The van der Waals surface area contributed by atoms with Crippen molar-refractivity contribution in [1.82, 2.24) is 10.3 Å². The van der Waals surface area contributed by atoms with E-state index in [0.29, 0.717) is 17.8 Å². The van der Waals surface area contributed by atoms with Gasteiger partial charge in [0.1, 0.15) is 4.88 Å². The van der Waals surface area contributed by atoms with Gasteiger partial charge in [-0.1, -0.05) is 0 Å². The van der Waals surface area contributed by atoms with Crippen molar-refractivity contribution in [2.45, 2.75) is 13.3 Å². The molecule has 0 spiro atoms. The lowest BCUT2D eigenvalue weighted by Gasteiger charge is -2.01. The van der Waals surface area contributed by atoms with Crippen molar-refractivity contribution in [3.63, 3.8) is 0 Å². The number of aromatic nitrogens is 1. The Morgan fingerprint density at radius 3 is 2.68 bits per heavy atom. The molecule has 1 amide bonds. The topological polar surface area (TPSA) is 79.3 Å². The SMILES string of the molecule is Cc1nc(CCNC(=O)c2ccc(C(=O)O)s2)cs1. The van der Waals surface area contributed by atoms with E-state index in [9.17, 15) is 9.59 Å². The third kappa shape index (κ3) is 3.62. The summed E-state index contributed by atoms with van der Waals surface area (Å²) in [6, 6.07) is 2.96. The molecule has 5 nitrogen and oxygen atoms in total. The number of nitrogens with zero attached hydrogens (tertiary/aromatic N) is 1. The van der Waals surface area contributed by atoms with Crippen molar-refractivity contribution in [2.75, 3.05) is 6.54 Å². The van der Waals surface area contributed by atoms with Crippen molar-refractivity contribution in [1.29, 1.82) is 0 Å². The first-order chi connectivity index (χ1) is 9.06. The second-order valence-corrected chi connectivity index (χ2v) is 5.98. The predicted octanol–water partition coefficient (Wildman–Crippen LogP) is 2.18. The number of aromatic carboxylic acids is 1. The Morgan fingerprint density at radius 1 is 1.37 bits per heavy atom. The molecule has 0 aromatic carbocycles. The highest BCUT2D eigenvalue weighted by molar-refractivity contribution is 7.15. The number of amides is 1. The van der Waals surface area contributed by atoms with Crippen LogP contribution in [0.4, 0.5) is 0 Å². The molecule has 0 saturated carbocycles. The zero-order valence-electron chi connectivity index (χ0n) is 10.2. The van der Waals surface area contributed by atoms with Gasteiger partial charge in [-0.05, 0) is 19.1 Å². The second-order valence-electron chi connectivity index (χ2n) is 3.83. The van der Waals surface area contributed by atoms with Gasteiger partial charge in [-0.15, -0.1) is 22.7 Å². The van der Waals surface area contributed by atoms with E-state index in [4.69, 9.17) is 5.11 Å². The first kappa shape index (κ1) is 13.7. The molecule has 100 valence electrons. The third-order valence-corrected chi connectivity index (χ3v) is 4.27. The molecule has 2 aromatic heterocycles. The van der Waals surface area contributed by atoms with Crippen molar-refractivity contribution < 1.29 is 14.7 Å². The molecule has 2 heterocycles. The molecule has 0 aliphatic carbocycles. The van der Waals surface area contributed by atoms with Gasteiger partial charge in [0.05, 0.1) is 15.6 Å². The fraction of sp³-hybridized carbons (Fsp3) is 0.250. The highest BCUT2D eigenvalue weighted by Crippen LogP contribution is 2.16. The van der Waals surface area contributed by atoms with Crippen molar-refractivity contribution >= 4 is 34.6 Å². The molecule has 0 saturated heterocycles. The van der Waals surface area contributed by atoms with Crippen LogP contribution in [-0.4, -0.2) is 28.5 Å². The number of thiophene rings is 1. The van der Waals surface area contributed by atoms with E-state index in [1.54, 1.807) is 11.3 Å². The summed E-state index contributed by atoms with van der Waals surface area (Å²) in [7, 11) is 0. The van der Waals surface area contributed by atoms with E-state index in [1.807, 2.05) is 12.3 Å². The van der Waals surface area contributed by atoms with Gasteiger partial charge in [0, 0.05) is 18.3 Å². The van der Waals surface area contributed by atoms with Crippen LogP contribution < -0.4 is 5.32 Å². The first-order valence-electron chi connectivity index (χ1n) is 5.58. The summed E-state index contributed by atoms with van der Waals surface area (Å²) >= 11 is 2.55. The van der Waals surface area contributed by atoms with Crippen LogP contribution in [0.1, 0.15) is 30.0 Å². The molecule has 2 rings (SSSR count). The molecule has 0 aliphatic heterocycles. The number of hydrogen-bond acceptors (Lipinski definition) is 5. The Hall–Kier alpha value is -1.73. The van der Waals surface area contributed by atoms with E-state index < -0.39 is 5.97 Å². The fourth-order valence-electron chi connectivity index (χ4n) is 1.49. The minimum Gasteiger partial charge on any atom is -0.477 e. The minimum atomic E-state index is -1.01. The molecule has 19 heavy (non-hydrogen) atoms. The van der Waals surface area contributed by atoms with Crippen LogP contribution in [0.3, 0.4) is 0 Å². The lowest BCUT2D eigenvalue weighted by atomic mass is 10.3. The van der Waals surface area contributed by atoms with E-state index in [-0.39, 0.29) is 10.8 Å². The largest absolute Gasteiger partial charge is 0.477 e. The Kier molecular flexibility index (Phi) is 4.28. The van der Waals surface area contributed by atoms with Gasteiger partial charge in [-0.3, -0.25) is 4.79 Å². The van der Waals surface area contributed by atoms with Crippen molar-refractivity contribution in [2.24, 2.45) is 0 Å². The summed E-state index contributed by atoms with van der Waals surface area (Å²) in [5.41, 5.74) is 0.959. The minimum absolute atomic E-state index is 0.167. The number of carboxylic acids is 1. The van der Waals surface area contributed by atoms with E-state index in [1.165, 1.54) is 12.1 Å². The quantitative estimate of drug-likeness (QED) is 0.886. The van der Waals surface area contributed by atoms with Gasteiger partial charge in [0.2, 0.25) is 0 Å². The van der Waals surface area contributed by atoms with Crippen molar-refractivity contribution in [3.05, 3.63) is 38.0 Å². The van der Waals surface area contributed by atoms with Crippen LogP contribution in [0.2, 0.25) is 0 Å². The van der Waals surface area contributed by atoms with Crippen LogP contribution in [0, 0.1) is 6.92 Å². The maximum Gasteiger partial charge on any atom is 0.345 e. The van der Waals surface area contributed by atoms with Crippen LogP contribution in [0.25, 0.3) is 0 Å². The maximum atomic E-state index is 11.8. The average Bonchev–Trinajstić information content (AvgIpc) is 2.98. The number of rotatable bonds is 5. The summed E-state index contributed by atoms with van der Waals surface area (Å²) in [5.74, 6) is -1.26. The second kappa shape index (κ2) is 5.94. The standard InChI is InChI=1S/C12H12N2O3S2/c1-7-14-8(6-18-7)4-5-13-11(15)9-2-3-10(19-9)12(16)17/h2-3,6H,4-5H2,1H3,(H,13,15)(H,16,17). The number of aryl methyl sites for hydroxylation is 1. The van der Waals surface area contributed by atoms with Crippen LogP contribution in [0.5, 0.6) is 0 Å². The molecular formula is C12H12N2O3S2. The summed E-state index contributed by atoms with van der Waals surface area (Å²) in [4.78, 5) is 27.4. The Bertz CT molecular complexity index is 604. The number of hydrogen-bond donors (Lipinski definition) is 2. The van der Waals surface area contributed by atoms with Crippen LogP contribution in [-0.2, 0) is 6.42 Å². The predicted molar refractivity (Wildman–Crippen MR) is 74.2 cm³/mol. The van der Waals surface area contributed by atoms with Crippen LogP contribution >= 0.6 is 22.7 Å². The summed E-state index contributed by atoms with van der Waals surface area (Å²) in [6.07, 6.45) is 0.674. The molecule has 0 aliphatic rings. The smallest absolute Gasteiger partial charge is 0.345 e. The normalized spacial score (nSPS) is 10.4. The summed E-state index contributed by atoms with van der Waals surface area (Å²) in [6.45, 7) is 2.42. The maximum absolute atomic E-state index is 11.8. The molecule has 0 atom stereocenters. The van der Waals surface area contributed by atoms with Gasteiger partial charge in [-0.25, -0.2) is 9.78 Å². The monoisotopic (exact) mass is 296 g/mol. The molecule has 2 N–H and O–H groups in total. The molecule has 2 aromatic rings. The number of carbonyl (C=O) groups excluding carboxylic acids is 1. The summed E-state index contributed by atoms with van der Waals surface area (Å²) in [5, 5.41) is 14.5. The lowest BCUT2D eigenvalue weighted by molar-refractivity contribution is 0.0702. The highest BCUT2D eigenvalue weighted by Gasteiger charge is 2.12. The van der Waals surface area contributed by atoms with Gasteiger partial charge < -0.3 is 10.4 Å². The van der Waals surface area contributed by atoms with Gasteiger partial charge >= 0.3 is 5.97 Å². The first-order valence-corrected chi connectivity index (χ1v) is 7.28. The third-order valence-electron chi connectivity index (χ3n) is 2.37. The zero-order valence-corrected chi connectivity index (χ0v) is 11.8. The van der Waals surface area contributed by atoms with E-state index in [2.05, 4.69) is 10.3 Å².